The minimum Gasteiger partial charge on any atom is -0.369 e. The lowest BCUT2D eigenvalue weighted by molar-refractivity contribution is -0.133. The highest BCUT2D eigenvalue weighted by Gasteiger charge is 2.32. The van der Waals surface area contributed by atoms with E-state index < -0.39 is 6.10 Å². The Morgan fingerprint density at radius 3 is 2.31 bits per heavy atom. The number of hydrogen-bond donors (Lipinski definition) is 0. The van der Waals surface area contributed by atoms with Crippen molar-refractivity contribution in [2.45, 2.75) is 58.0 Å². The molecule has 0 bridgehead atoms. The van der Waals surface area contributed by atoms with Gasteiger partial charge < -0.3 is 19.4 Å². The van der Waals surface area contributed by atoms with Crippen LogP contribution in [-0.2, 0) is 16.0 Å². The van der Waals surface area contributed by atoms with Crippen molar-refractivity contribution in [1.82, 2.24) is 4.90 Å². The highest BCUT2D eigenvalue weighted by atomic mass is 16.5. The van der Waals surface area contributed by atoms with Gasteiger partial charge in [0.25, 0.3) is 5.91 Å². The maximum atomic E-state index is 13.5. The van der Waals surface area contributed by atoms with E-state index in [0.717, 1.165) is 31.9 Å². The molecule has 5 nitrogen and oxygen atoms in total. The van der Waals surface area contributed by atoms with Crippen molar-refractivity contribution in [3.05, 3.63) is 59.7 Å². The van der Waals surface area contributed by atoms with E-state index in [1.165, 1.54) is 42.5 Å². The fourth-order valence-corrected chi connectivity index (χ4v) is 5.94. The summed E-state index contributed by atoms with van der Waals surface area (Å²) in [5, 5.41) is 0. The topological polar surface area (TPSA) is 36.0 Å². The third-order valence-corrected chi connectivity index (χ3v) is 8.43. The minimum atomic E-state index is -0.433. The molecule has 2 heterocycles. The molecule has 5 heteroatoms. The van der Waals surface area contributed by atoms with Gasteiger partial charge in [-0.15, -0.1) is 0 Å². The molecule has 1 atom stereocenters. The number of para-hydroxylation sites is 1. The molecule has 2 aromatic carbocycles. The van der Waals surface area contributed by atoms with Crippen LogP contribution >= 0.6 is 0 Å². The molecule has 1 aliphatic carbocycles. The van der Waals surface area contributed by atoms with Gasteiger partial charge in [0.2, 0.25) is 0 Å². The van der Waals surface area contributed by atoms with Crippen molar-refractivity contribution in [3.63, 3.8) is 0 Å². The summed E-state index contributed by atoms with van der Waals surface area (Å²) in [4.78, 5) is 20.2. The maximum Gasteiger partial charge on any atom is 0.256 e. The molecule has 3 fully saturated rings. The lowest BCUT2D eigenvalue weighted by Crippen LogP contribution is -2.49. The summed E-state index contributed by atoms with van der Waals surface area (Å²) in [6.07, 6.45) is 5.29. The van der Waals surface area contributed by atoms with Gasteiger partial charge in [0.05, 0.1) is 6.61 Å². The number of rotatable bonds is 5. The van der Waals surface area contributed by atoms with Crippen molar-refractivity contribution in [1.29, 1.82) is 0 Å². The number of hydrogen-bond acceptors (Lipinski definition) is 4. The Morgan fingerprint density at radius 1 is 0.914 bits per heavy atom. The second-order valence-corrected chi connectivity index (χ2v) is 11.5. The van der Waals surface area contributed by atoms with Crippen molar-refractivity contribution in [3.8, 4) is 0 Å². The van der Waals surface area contributed by atoms with Crippen molar-refractivity contribution in [2.75, 3.05) is 56.2 Å². The Balaban J connectivity index is 1.26. The SMILES string of the molecule is CN1CCN(c2ccccc2CC2OCCN(c3ccc(C4CCC(C)(C)CC4)cc3)C2=O)CC1. The molecule has 0 N–H and O–H groups in total. The van der Waals surface area contributed by atoms with Gasteiger partial charge in [-0.1, -0.05) is 44.2 Å². The summed E-state index contributed by atoms with van der Waals surface area (Å²) in [7, 11) is 2.18. The molecule has 1 saturated carbocycles. The summed E-state index contributed by atoms with van der Waals surface area (Å²) in [5.74, 6) is 0.730. The Morgan fingerprint density at radius 2 is 1.60 bits per heavy atom. The van der Waals surface area contributed by atoms with Crippen molar-refractivity contribution >= 4 is 17.3 Å². The summed E-state index contributed by atoms with van der Waals surface area (Å²) in [6.45, 7) is 10.1. The highest BCUT2D eigenvalue weighted by Crippen LogP contribution is 2.42. The molecule has 1 unspecified atom stereocenters. The van der Waals surface area contributed by atoms with Gasteiger partial charge in [-0.25, -0.2) is 0 Å². The molecule has 2 aromatic rings. The normalized spacial score (nSPS) is 24.1. The first-order chi connectivity index (χ1) is 16.9. The Labute approximate surface area is 211 Å². The van der Waals surface area contributed by atoms with Crippen LogP contribution in [0.25, 0.3) is 0 Å². The number of piperazine rings is 1. The van der Waals surface area contributed by atoms with Crippen LogP contribution in [0.5, 0.6) is 0 Å². The molecule has 0 radical (unpaired) electrons. The van der Waals surface area contributed by atoms with Crippen LogP contribution < -0.4 is 9.80 Å². The fourth-order valence-electron chi connectivity index (χ4n) is 5.94. The van der Waals surface area contributed by atoms with Crippen molar-refractivity contribution < 1.29 is 9.53 Å². The number of amides is 1. The first-order valence-corrected chi connectivity index (χ1v) is 13.4. The molecule has 1 amide bonds. The number of anilines is 2. The highest BCUT2D eigenvalue weighted by molar-refractivity contribution is 5.97. The molecule has 3 aliphatic rings. The van der Waals surface area contributed by atoms with Gasteiger partial charge in [-0.2, -0.15) is 0 Å². The predicted octanol–water partition coefficient (Wildman–Crippen LogP) is 5.10. The summed E-state index contributed by atoms with van der Waals surface area (Å²) >= 11 is 0. The lowest BCUT2D eigenvalue weighted by Gasteiger charge is -2.36. The van der Waals surface area contributed by atoms with E-state index in [-0.39, 0.29) is 5.91 Å². The predicted molar refractivity (Wildman–Crippen MR) is 143 cm³/mol. The quantitative estimate of drug-likeness (QED) is 0.603. The van der Waals surface area contributed by atoms with Crippen LogP contribution in [0.3, 0.4) is 0 Å². The summed E-state index contributed by atoms with van der Waals surface area (Å²) in [6, 6.07) is 17.3. The third-order valence-electron chi connectivity index (χ3n) is 8.43. The first-order valence-electron chi connectivity index (χ1n) is 13.4. The summed E-state index contributed by atoms with van der Waals surface area (Å²) in [5.41, 5.74) is 5.34. The zero-order chi connectivity index (χ0) is 24.4. The average Bonchev–Trinajstić information content (AvgIpc) is 2.86. The molecular formula is C30H41N3O2. The largest absolute Gasteiger partial charge is 0.369 e. The van der Waals surface area contributed by atoms with Gasteiger partial charge >= 0.3 is 0 Å². The Bertz CT molecular complexity index is 1000. The number of likely N-dealkylation sites (N-methyl/N-ethyl adjacent to an activating group) is 1. The van der Waals surface area contributed by atoms with E-state index in [1.807, 2.05) is 4.90 Å². The van der Waals surface area contributed by atoms with Crippen LogP contribution in [-0.4, -0.2) is 63.3 Å². The van der Waals surface area contributed by atoms with Gasteiger partial charge in [-0.3, -0.25) is 4.79 Å². The van der Waals surface area contributed by atoms with Gasteiger partial charge in [0.15, 0.2) is 0 Å². The standard InChI is InChI=1S/C30H41N3O2/c1-30(2)14-12-24(13-15-30)23-8-10-26(11-9-23)33-20-21-35-28(29(33)34)22-25-6-4-5-7-27(25)32-18-16-31(3)17-19-32/h4-11,24,28H,12-22H2,1-3H3. The number of morpholine rings is 1. The third kappa shape index (κ3) is 5.57. The van der Waals surface area contributed by atoms with Crippen molar-refractivity contribution in [2.24, 2.45) is 5.41 Å². The number of carbonyl (C=O) groups is 1. The van der Waals surface area contributed by atoms with E-state index in [0.29, 0.717) is 30.9 Å². The van der Waals surface area contributed by atoms with Crippen LogP contribution in [0.1, 0.15) is 56.6 Å². The van der Waals surface area contributed by atoms with E-state index >= 15 is 0 Å². The zero-order valence-electron chi connectivity index (χ0n) is 21.7. The number of carbonyl (C=O) groups excluding carboxylic acids is 1. The van der Waals surface area contributed by atoms with Gasteiger partial charge in [0, 0.05) is 50.5 Å². The van der Waals surface area contributed by atoms with Crippen LogP contribution in [0, 0.1) is 5.41 Å². The van der Waals surface area contributed by atoms with Gasteiger partial charge in [-0.05, 0) is 73.4 Å². The molecule has 188 valence electrons. The second-order valence-electron chi connectivity index (χ2n) is 11.5. The Kier molecular flexibility index (Phi) is 7.17. The molecule has 2 saturated heterocycles. The maximum absolute atomic E-state index is 13.5. The number of benzene rings is 2. The molecule has 2 aliphatic heterocycles. The van der Waals surface area contributed by atoms with E-state index in [9.17, 15) is 4.79 Å². The van der Waals surface area contributed by atoms with E-state index in [4.69, 9.17) is 4.74 Å². The van der Waals surface area contributed by atoms with E-state index in [2.05, 4.69) is 79.2 Å². The van der Waals surface area contributed by atoms with Crippen LogP contribution in [0.15, 0.2) is 48.5 Å². The molecule has 0 spiro atoms. The number of ether oxygens (including phenoxy) is 1. The zero-order valence-corrected chi connectivity index (χ0v) is 21.7. The smallest absolute Gasteiger partial charge is 0.256 e. The second kappa shape index (κ2) is 10.3. The fraction of sp³-hybridized carbons (Fsp3) is 0.567. The molecule has 5 rings (SSSR count). The molecule has 35 heavy (non-hydrogen) atoms. The molecular weight excluding hydrogens is 434 g/mol. The Hall–Kier alpha value is -2.37. The van der Waals surface area contributed by atoms with Gasteiger partial charge in [0.1, 0.15) is 6.10 Å². The van der Waals surface area contributed by atoms with Crippen LogP contribution in [0.2, 0.25) is 0 Å². The monoisotopic (exact) mass is 475 g/mol. The van der Waals surface area contributed by atoms with E-state index in [1.54, 1.807) is 0 Å². The molecule has 0 aromatic heterocycles. The minimum absolute atomic E-state index is 0.0802. The average molecular weight is 476 g/mol. The number of nitrogens with zero attached hydrogens (tertiary/aromatic N) is 3. The van der Waals surface area contributed by atoms with Crippen LogP contribution in [0.4, 0.5) is 11.4 Å². The first kappa shape index (κ1) is 24.3. The summed E-state index contributed by atoms with van der Waals surface area (Å²) < 4.78 is 6.03. The lowest BCUT2D eigenvalue weighted by atomic mass is 9.71.